The van der Waals surface area contributed by atoms with Gasteiger partial charge in [-0.1, -0.05) is 18.2 Å². The van der Waals surface area contributed by atoms with Crippen molar-refractivity contribution in [3.63, 3.8) is 0 Å². The van der Waals surface area contributed by atoms with E-state index < -0.39 is 5.97 Å². The number of carbonyl (C=O) groups excluding carboxylic acids is 1. The van der Waals surface area contributed by atoms with E-state index in [0.717, 1.165) is 22.6 Å². The van der Waals surface area contributed by atoms with Crippen LogP contribution in [0.2, 0.25) is 0 Å². The van der Waals surface area contributed by atoms with Crippen LogP contribution in [0.25, 0.3) is 11.8 Å². The molecule has 21 heavy (non-hydrogen) atoms. The minimum absolute atomic E-state index is 0.00438. The van der Waals surface area contributed by atoms with E-state index in [2.05, 4.69) is 5.10 Å². The normalized spacial score (nSPS) is 11.0. The predicted octanol–water partition coefficient (Wildman–Crippen LogP) is 2.04. The highest BCUT2D eigenvalue weighted by Crippen LogP contribution is 2.19. The molecule has 1 heterocycles. The monoisotopic (exact) mass is 286 g/mol. The van der Waals surface area contributed by atoms with Gasteiger partial charge in [-0.2, -0.15) is 5.10 Å². The first kappa shape index (κ1) is 15.0. The summed E-state index contributed by atoms with van der Waals surface area (Å²) in [5.41, 5.74) is 3.65. The SMILES string of the molecule is Cc1nn(-c2ccccc2)c(C)c1/C=C/C(=O)OCCO. The number of esters is 1. The molecule has 0 aliphatic rings. The molecule has 0 amide bonds. The van der Waals surface area contributed by atoms with Crippen molar-refractivity contribution >= 4 is 12.0 Å². The lowest BCUT2D eigenvalue weighted by atomic mass is 10.2. The van der Waals surface area contributed by atoms with Crippen LogP contribution < -0.4 is 0 Å². The minimum atomic E-state index is -0.477. The molecule has 0 bridgehead atoms. The maximum Gasteiger partial charge on any atom is 0.330 e. The van der Waals surface area contributed by atoms with Crippen LogP contribution in [0.3, 0.4) is 0 Å². The molecule has 110 valence electrons. The number of benzene rings is 1. The minimum Gasteiger partial charge on any atom is -0.460 e. The van der Waals surface area contributed by atoms with Crippen LogP contribution in [0.1, 0.15) is 17.0 Å². The van der Waals surface area contributed by atoms with Gasteiger partial charge in [-0.3, -0.25) is 0 Å². The second-order valence-electron chi connectivity index (χ2n) is 4.56. The first-order valence-corrected chi connectivity index (χ1v) is 6.71. The van der Waals surface area contributed by atoms with E-state index >= 15 is 0 Å². The highest BCUT2D eigenvalue weighted by molar-refractivity contribution is 5.87. The van der Waals surface area contributed by atoms with Gasteiger partial charge in [0.25, 0.3) is 0 Å². The molecule has 0 aliphatic carbocycles. The second-order valence-corrected chi connectivity index (χ2v) is 4.56. The molecular formula is C16H18N2O3. The average Bonchev–Trinajstić information content (AvgIpc) is 2.79. The topological polar surface area (TPSA) is 64.4 Å². The Bertz CT molecular complexity index is 645. The number of rotatable bonds is 5. The molecule has 0 saturated heterocycles. The van der Waals surface area contributed by atoms with Crippen LogP contribution in [0.4, 0.5) is 0 Å². The third-order valence-electron chi connectivity index (χ3n) is 3.07. The van der Waals surface area contributed by atoms with Gasteiger partial charge in [0.2, 0.25) is 0 Å². The van der Waals surface area contributed by atoms with Crippen LogP contribution >= 0.6 is 0 Å². The molecule has 1 N–H and O–H groups in total. The van der Waals surface area contributed by atoms with Gasteiger partial charge in [-0.05, 0) is 32.1 Å². The average molecular weight is 286 g/mol. The number of hydrogen-bond acceptors (Lipinski definition) is 4. The molecule has 1 aromatic heterocycles. The smallest absolute Gasteiger partial charge is 0.330 e. The van der Waals surface area contributed by atoms with E-state index in [4.69, 9.17) is 9.84 Å². The van der Waals surface area contributed by atoms with Crippen molar-refractivity contribution in [2.24, 2.45) is 0 Å². The molecule has 2 aromatic rings. The summed E-state index contributed by atoms with van der Waals surface area (Å²) in [6.45, 7) is 3.67. The summed E-state index contributed by atoms with van der Waals surface area (Å²) >= 11 is 0. The highest BCUT2D eigenvalue weighted by atomic mass is 16.5. The van der Waals surface area contributed by atoms with Gasteiger partial charge >= 0.3 is 5.97 Å². The van der Waals surface area contributed by atoms with Gasteiger partial charge in [0, 0.05) is 17.3 Å². The van der Waals surface area contributed by atoms with E-state index in [1.165, 1.54) is 6.08 Å². The third-order valence-corrected chi connectivity index (χ3v) is 3.07. The summed E-state index contributed by atoms with van der Waals surface area (Å²) in [7, 11) is 0. The number of nitrogens with zero attached hydrogens (tertiary/aromatic N) is 2. The predicted molar refractivity (Wildman–Crippen MR) is 80.1 cm³/mol. The highest BCUT2D eigenvalue weighted by Gasteiger charge is 2.10. The fourth-order valence-electron chi connectivity index (χ4n) is 2.06. The summed E-state index contributed by atoms with van der Waals surface area (Å²) < 4.78 is 6.62. The van der Waals surface area contributed by atoms with Crippen LogP contribution in [0.15, 0.2) is 36.4 Å². The summed E-state index contributed by atoms with van der Waals surface area (Å²) in [5.74, 6) is -0.477. The fourth-order valence-corrected chi connectivity index (χ4v) is 2.06. The van der Waals surface area contributed by atoms with Gasteiger partial charge in [0.15, 0.2) is 0 Å². The van der Waals surface area contributed by atoms with Crippen molar-refractivity contribution in [3.8, 4) is 5.69 Å². The zero-order chi connectivity index (χ0) is 15.2. The van der Waals surface area contributed by atoms with E-state index in [0.29, 0.717) is 0 Å². The molecular weight excluding hydrogens is 268 g/mol. The van der Waals surface area contributed by atoms with Crippen molar-refractivity contribution in [2.45, 2.75) is 13.8 Å². The number of aromatic nitrogens is 2. The Morgan fingerprint density at radius 3 is 2.71 bits per heavy atom. The summed E-state index contributed by atoms with van der Waals surface area (Å²) in [6.07, 6.45) is 3.04. The molecule has 0 fully saturated rings. The number of ether oxygens (including phenoxy) is 1. The van der Waals surface area contributed by atoms with E-state index in [-0.39, 0.29) is 13.2 Å². The number of aliphatic hydroxyl groups excluding tert-OH is 1. The number of hydrogen-bond donors (Lipinski definition) is 1. The van der Waals surface area contributed by atoms with E-state index in [1.807, 2.05) is 48.9 Å². The van der Waals surface area contributed by atoms with E-state index in [9.17, 15) is 4.79 Å². The van der Waals surface area contributed by atoms with Crippen molar-refractivity contribution in [1.29, 1.82) is 0 Å². The quantitative estimate of drug-likeness (QED) is 0.675. The molecule has 0 saturated carbocycles. The number of aliphatic hydroxyl groups is 1. The Morgan fingerprint density at radius 2 is 2.05 bits per heavy atom. The molecule has 0 aliphatic heterocycles. The lowest BCUT2D eigenvalue weighted by Crippen LogP contribution is -2.05. The third kappa shape index (κ3) is 3.58. The Balaban J connectivity index is 2.24. The number of carbonyl (C=O) groups is 1. The van der Waals surface area contributed by atoms with Crippen LogP contribution in [0.5, 0.6) is 0 Å². The standard InChI is InChI=1S/C16H18N2O3/c1-12-15(8-9-16(20)21-11-10-19)13(2)18(17-12)14-6-4-3-5-7-14/h3-9,19H,10-11H2,1-2H3/b9-8+. The first-order chi connectivity index (χ1) is 10.1. The molecule has 0 unspecified atom stereocenters. The molecule has 0 spiro atoms. The van der Waals surface area contributed by atoms with Crippen LogP contribution in [0, 0.1) is 13.8 Å². The maximum absolute atomic E-state index is 11.4. The molecule has 1 aromatic carbocycles. The largest absolute Gasteiger partial charge is 0.460 e. The molecule has 0 radical (unpaired) electrons. The van der Waals surface area contributed by atoms with Gasteiger partial charge in [-0.25, -0.2) is 9.48 Å². The summed E-state index contributed by atoms with van der Waals surface area (Å²) in [6, 6.07) is 9.80. The van der Waals surface area contributed by atoms with Gasteiger partial charge in [-0.15, -0.1) is 0 Å². The van der Waals surface area contributed by atoms with Crippen molar-refractivity contribution in [3.05, 3.63) is 53.4 Å². The van der Waals surface area contributed by atoms with Crippen molar-refractivity contribution < 1.29 is 14.6 Å². The first-order valence-electron chi connectivity index (χ1n) is 6.71. The maximum atomic E-state index is 11.4. The van der Waals surface area contributed by atoms with Gasteiger partial charge < -0.3 is 9.84 Å². The molecule has 2 rings (SSSR count). The summed E-state index contributed by atoms with van der Waals surface area (Å²) in [4.78, 5) is 11.4. The zero-order valence-electron chi connectivity index (χ0n) is 12.1. The van der Waals surface area contributed by atoms with E-state index in [1.54, 1.807) is 6.08 Å². The van der Waals surface area contributed by atoms with Crippen LogP contribution in [-0.2, 0) is 9.53 Å². The molecule has 5 nitrogen and oxygen atoms in total. The van der Waals surface area contributed by atoms with Gasteiger partial charge in [0.05, 0.1) is 18.0 Å². The lowest BCUT2D eigenvalue weighted by molar-refractivity contribution is -0.138. The Labute approximate surface area is 123 Å². The van der Waals surface area contributed by atoms with Crippen molar-refractivity contribution in [2.75, 3.05) is 13.2 Å². The van der Waals surface area contributed by atoms with Crippen molar-refractivity contribution in [1.82, 2.24) is 9.78 Å². The van der Waals surface area contributed by atoms with Crippen LogP contribution in [-0.4, -0.2) is 34.1 Å². The fraction of sp³-hybridized carbons (Fsp3) is 0.250. The second kappa shape index (κ2) is 6.85. The number of aryl methyl sites for hydroxylation is 1. The Morgan fingerprint density at radius 1 is 1.33 bits per heavy atom. The summed E-state index contributed by atoms with van der Waals surface area (Å²) in [5, 5.41) is 13.1. The Kier molecular flexibility index (Phi) is 4.90. The van der Waals surface area contributed by atoms with Gasteiger partial charge in [0.1, 0.15) is 6.61 Å². The lowest BCUT2D eigenvalue weighted by Gasteiger charge is -2.03. The molecule has 5 heteroatoms. The Hall–Kier alpha value is -2.40. The molecule has 0 atom stereocenters. The number of para-hydroxylation sites is 1. The zero-order valence-corrected chi connectivity index (χ0v) is 12.1.